The molecule has 3 nitrogen and oxygen atoms in total. The van der Waals surface area contributed by atoms with Crippen molar-refractivity contribution in [3.8, 4) is 11.5 Å². The lowest BCUT2D eigenvalue weighted by molar-refractivity contribution is 0.168. The molecule has 2 unspecified atom stereocenters. The average molecular weight is 376 g/mol. The quantitative estimate of drug-likeness (QED) is 0.386. The van der Waals surface area contributed by atoms with Gasteiger partial charge in [-0.1, -0.05) is 42.5 Å². The van der Waals surface area contributed by atoms with Gasteiger partial charge in [-0.15, -0.1) is 11.8 Å². The van der Waals surface area contributed by atoms with E-state index in [1.807, 2.05) is 42.5 Å². The molecule has 0 heterocycles. The van der Waals surface area contributed by atoms with Crippen LogP contribution >= 0.6 is 21.2 Å². The average Bonchev–Trinajstić information content (AvgIpc) is 2.68. The van der Waals surface area contributed by atoms with E-state index in [9.17, 15) is 0 Å². The first kappa shape index (κ1) is 18.1. The Kier molecular flexibility index (Phi) is 6.57. The van der Waals surface area contributed by atoms with Gasteiger partial charge in [0.25, 0.3) is 0 Å². The van der Waals surface area contributed by atoms with Crippen molar-refractivity contribution in [2.24, 2.45) is 0 Å². The summed E-state index contributed by atoms with van der Waals surface area (Å²) in [4.78, 5) is 1.21. The predicted molar refractivity (Wildman–Crippen MR) is 110 cm³/mol. The molecule has 0 spiro atoms. The number of benzene rings is 3. The Bertz CT molecular complexity index is 817. The Morgan fingerprint density at radius 3 is 2.48 bits per heavy atom. The van der Waals surface area contributed by atoms with Crippen LogP contribution in [0.4, 0.5) is 0 Å². The highest BCUT2D eigenvalue weighted by atomic mass is 32.2. The second-order valence-electron chi connectivity index (χ2n) is 5.50. The monoisotopic (exact) mass is 376 g/mol. The Labute approximate surface area is 156 Å². The van der Waals surface area contributed by atoms with Gasteiger partial charge in [-0.05, 0) is 29.7 Å². The van der Waals surface area contributed by atoms with E-state index >= 15 is 0 Å². The zero-order valence-electron chi connectivity index (χ0n) is 14.1. The third-order valence-electron chi connectivity index (χ3n) is 3.86. The van der Waals surface area contributed by atoms with Crippen LogP contribution in [0.15, 0.2) is 71.6 Å². The van der Waals surface area contributed by atoms with Gasteiger partial charge in [0, 0.05) is 26.9 Å². The SMILES string of the molecule is COc1cccc2c(SCC(COc3ccccc3)OP)cccc12.[3HH]. The van der Waals surface area contributed by atoms with Crippen LogP contribution < -0.4 is 9.47 Å². The molecule has 5 heteroatoms. The van der Waals surface area contributed by atoms with E-state index < -0.39 is 0 Å². The first-order chi connectivity index (χ1) is 12.3. The van der Waals surface area contributed by atoms with Gasteiger partial charge in [0.15, 0.2) is 0 Å². The molecule has 0 radical (unpaired) electrons. The van der Waals surface area contributed by atoms with Crippen molar-refractivity contribution in [1.82, 2.24) is 0 Å². The number of para-hydroxylation sites is 1. The smallest absolute Gasteiger partial charge is 0.126 e. The molecule has 0 aliphatic rings. The summed E-state index contributed by atoms with van der Waals surface area (Å²) in [5, 5.41) is 2.32. The lowest BCUT2D eigenvalue weighted by Crippen LogP contribution is -2.21. The van der Waals surface area contributed by atoms with Crippen molar-refractivity contribution in [2.75, 3.05) is 19.5 Å². The van der Waals surface area contributed by atoms with Gasteiger partial charge >= 0.3 is 0 Å². The fourth-order valence-electron chi connectivity index (χ4n) is 2.57. The molecule has 132 valence electrons. The number of rotatable bonds is 8. The molecule has 3 aromatic rings. The molecule has 2 atom stereocenters. The molecule has 0 aliphatic heterocycles. The van der Waals surface area contributed by atoms with E-state index in [0.717, 1.165) is 22.6 Å². The number of fused-ring (bicyclic) bond motifs is 1. The summed E-state index contributed by atoms with van der Waals surface area (Å²) < 4.78 is 16.8. The second kappa shape index (κ2) is 9.10. The van der Waals surface area contributed by atoms with Crippen molar-refractivity contribution >= 4 is 32.0 Å². The molecule has 0 saturated carbocycles. The molecule has 0 fully saturated rings. The molecule has 0 amide bonds. The van der Waals surface area contributed by atoms with Gasteiger partial charge in [-0.3, -0.25) is 0 Å². The number of hydrogen-bond acceptors (Lipinski definition) is 4. The lowest BCUT2D eigenvalue weighted by atomic mass is 10.1. The first-order valence-corrected chi connectivity index (χ1v) is 9.49. The van der Waals surface area contributed by atoms with Crippen LogP contribution in [-0.2, 0) is 4.52 Å². The highest BCUT2D eigenvalue weighted by molar-refractivity contribution is 7.99. The maximum Gasteiger partial charge on any atom is 0.126 e. The number of methoxy groups -OCH3 is 1. The summed E-state index contributed by atoms with van der Waals surface area (Å²) in [5.41, 5.74) is 0. The normalized spacial score (nSPS) is 12.1. The van der Waals surface area contributed by atoms with Crippen molar-refractivity contribution in [3.63, 3.8) is 0 Å². The molecule has 25 heavy (non-hydrogen) atoms. The maximum absolute atomic E-state index is 5.80. The van der Waals surface area contributed by atoms with Crippen molar-refractivity contribution in [1.29, 1.82) is 0 Å². The minimum absolute atomic E-state index is 0. The molecule has 3 rings (SSSR count). The topological polar surface area (TPSA) is 27.7 Å². The van der Waals surface area contributed by atoms with Crippen molar-refractivity contribution in [2.45, 2.75) is 11.0 Å². The fourth-order valence-corrected chi connectivity index (χ4v) is 3.93. The van der Waals surface area contributed by atoms with Crippen LogP contribution in [0.25, 0.3) is 10.8 Å². The van der Waals surface area contributed by atoms with Gasteiger partial charge in [-0.25, -0.2) is 0 Å². The van der Waals surface area contributed by atoms with Crippen molar-refractivity contribution < 1.29 is 15.4 Å². The fraction of sp³-hybridized carbons (Fsp3) is 0.200. The molecular formula is C20H23O3PS. The molecular weight excluding hydrogens is 351 g/mol. The zero-order chi connectivity index (χ0) is 17.5. The van der Waals surface area contributed by atoms with Gasteiger partial charge in [0.05, 0.1) is 7.11 Å². The Morgan fingerprint density at radius 2 is 1.72 bits per heavy atom. The summed E-state index contributed by atoms with van der Waals surface area (Å²) in [5.74, 6) is 2.55. The highest BCUT2D eigenvalue weighted by Crippen LogP contribution is 2.33. The standard InChI is InChI=1S/C20H21O3PS.H2/c1-21-19-11-5-10-18-17(19)9-6-12-20(18)25-14-16(23-24)13-22-15-7-3-2-4-8-15;/h2-12,16H,13-14,24H2,1H3;1H/i;1+2. The third-order valence-corrected chi connectivity index (χ3v) is 5.45. The van der Waals surface area contributed by atoms with Crippen LogP contribution in [-0.4, -0.2) is 25.6 Å². The number of hydrogen-bond donors (Lipinski definition) is 0. The first-order valence-electron chi connectivity index (χ1n) is 8.03. The van der Waals surface area contributed by atoms with Crippen LogP contribution in [0.5, 0.6) is 11.5 Å². The lowest BCUT2D eigenvalue weighted by Gasteiger charge is -2.16. The third kappa shape index (κ3) is 4.66. The Balaban J connectivity index is 0.00000243. The summed E-state index contributed by atoms with van der Waals surface area (Å²) in [6.45, 7) is 0.509. The largest absolute Gasteiger partial charge is 0.496 e. The minimum atomic E-state index is -0.0175. The van der Waals surface area contributed by atoms with Crippen LogP contribution in [0.3, 0.4) is 0 Å². The van der Waals surface area contributed by atoms with Crippen LogP contribution in [0.2, 0.25) is 0 Å². The van der Waals surface area contributed by atoms with E-state index in [4.69, 9.17) is 14.0 Å². The second-order valence-corrected chi connectivity index (χ2v) is 6.84. The maximum atomic E-state index is 5.80. The summed E-state index contributed by atoms with van der Waals surface area (Å²) in [6.07, 6.45) is -0.0175. The summed E-state index contributed by atoms with van der Waals surface area (Å²) >= 11 is 1.76. The Hall–Kier alpha value is -1.74. The van der Waals surface area contributed by atoms with Crippen LogP contribution in [0.1, 0.15) is 1.43 Å². The molecule has 0 aromatic heterocycles. The van der Waals surface area contributed by atoms with Gasteiger partial charge < -0.3 is 14.0 Å². The van der Waals surface area contributed by atoms with Gasteiger partial charge in [0.2, 0.25) is 0 Å². The van der Waals surface area contributed by atoms with Crippen molar-refractivity contribution in [3.05, 3.63) is 66.7 Å². The number of ether oxygens (including phenoxy) is 2. The molecule has 0 bridgehead atoms. The van der Waals surface area contributed by atoms with E-state index in [1.165, 1.54) is 10.3 Å². The molecule has 0 aliphatic carbocycles. The molecule has 3 aromatic carbocycles. The summed E-state index contributed by atoms with van der Waals surface area (Å²) in [6, 6.07) is 22.2. The molecule has 0 N–H and O–H groups in total. The van der Waals surface area contributed by atoms with Gasteiger partial charge in [-0.2, -0.15) is 0 Å². The minimum Gasteiger partial charge on any atom is -0.496 e. The highest BCUT2D eigenvalue weighted by Gasteiger charge is 2.12. The molecule has 0 saturated heterocycles. The van der Waals surface area contributed by atoms with Gasteiger partial charge in [0.1, 0.15) is 24.2 Å². The Morgan fingerprint density at radius 1 is 0.960 bits per heavy atom. The van der Waals surface area contributed by atoms with E-state index in [-0.39, 0.29) is 7.53 Å². The predicted octanol–water partition coefficient (Wildman–Crippen LogP) is 5.44. The van der Waals surface area contributed by atoms with E-state index in [1.54, 1.807) is 18.9 Å². The van der Waals surface area contributed by atoms with Crippen LogP contribution in [0, 0.1) is 0 Å². The zero-order valence-corrected chi connectivity index (χ0v) is 16.0. The summed E-state index contributed by atoms with van der Waals surface area (Å²) in [7, 11) is 4.05. The van der Waals surface area contributed by atoms with E-state index in [0.29, 0.717) is 6.61 Å². The van der Waals surface area contributed by atoms with E-state index in [2.05, 4.69) is 33.7 Å². The number of thioether (sulfide) groups is 1.